The highest BCUT2D eigenvalue weighted by Crippen LogP contribution is 2.48. The van der Waals surface area contributed by atoms with E-state index in [0.717, 1.165) is 19.3 Å². The van der Waals surface area contributed by atoms with E-state index < -0.39 is 10.0 Å². The molecule has 0 atom stereocenters. The van der Waals surface area contributed by atoms with Gasteiger partial charge in [0.2, 0.25) is 10.0 Å². The number of ether oxygens (including phenoxy) is 1. The third-order valence-electron chi connectivity index (χ3n) is 2.50. The van der Waals surface area contributed by atoms with E-state index in [-0.39, 0.29) is 5.41 Å². The molecule has 0 aromatic rings. The fourth-order valence-electron chi connectivity index (χ4n) is 1.29. The summed E-state index contributed by atoms with van der Waals surface area (Å²) in [7, 11) is -1.37. The van der Waals surface area contributed by atoms with Crippen molar-refractivity contribution in [1.82, 2.24) is 4.72 Å². The molecular weight excluding hydrogens is 190 g/mol. The topological polar surface area (TPSA) is 55.4 Å². The molecule has 4 nitrogen and oxygen atoms in total. The Hall–Kier alpha value is -0.130. The molecule has 0 aromatic carbocycles. The zero-order chi connectivity index (χ0) is 9.95. The Bertz CT molecular complexity index is 257. The highest BCUT2D eigenvalue weighted by molar-refractivity contribution is 7.88. The van der Waals surface area contributed by atoms with Gasteiger partial charge < -0.3 is 4.74 Å². The molecule has 1 rings (SSSR count). The van der Waals surface area contributed by atoms with Crippen LogP contribution in [0.4, 0.5) is 0 Å². The first-order valence-electron chi connectivity index (χ1n) is 4.41. The van der Waals surface area contributed by atoms with Crippen molar-refractivity contribution >= 4 is 10.0 Å². The van der Waals surface area contributed by atoms with Crippen LogP contribution < -0.4 is 4.72 Å². The van der Waals surface area contributed by atoms with Gasteiger partial charge in [-0.3, -0.25) is 0 Å². The van der Waals surface area contributed by atoms with Crippen LogP contribution in [0.1, 0.15) is 19.3 Å². The summed E-state index contributed by atoms with van der Waals surface area (Å²) in [5.41, 5.74) is 0.194. The lowest BCUT2D eigenvalue weighted by Crippen LogP contribution is -2.29. The zero-order valence-electron chi connectivity index (χ0n) is 8.17. The van der Waals surface area contributed by atoms with Crippen molar-refractivity contribution in [1.29, 1.82) is 0 Å². The summed E-state index contributed by atoms with van der Waals surface area (Å²) in [5, 5.41) is 0. The van der Waals surface area contributed by atoms with E-state index in [4.69, 9.17) is 4.74 Å². The molecule has 0 unspecified atom stereocenters. The molecule has 1 N–H and O–H groups in total. The fourth-order valence-corrected chi connectivity index (χ4v) is 1.86. The second-order valence-electron chi connectivity index (χ2n) is 3.84. The van der Waals surface area contributed by atoms with Crippen molar-refractivity contribution < 1.29 is 13.2 Å². The lowest BCUT2D eigenvalue weighted by atomic mass is 10.0. The predicted octanol–water partition coefficient (Wildman–Crippen LogP) is 0.352. The Labute approximate surface area is 79.7 Å². The summed E-state index contributed by atoms with van der Waals surface area (Å²) < 4.78 is 29.2. The van der Waals surface area contributed by atoms with Crippen molar-refractivity contribution in [2.45, 2.75) is 19.3 Å². The first-order chi connectivity index (χ1) is 5.97. The van der Waals surface area contributed by atoms with Gasteiger partial charge in [-0.1, -0.05) is 0 Å². The molecule has 0 heterocycles. The summed E-state index contributed by atoms with van der Waals surface area (Å²) in [4.78, 5) is 0. The maximum atomic E-state index is 10.8. The van der Waals surface area contributed by atoms with Gasteiger partial charge in [0.05, 0.1) is 6.26 Å². The van der Waals surface area contributed by atoms with E-state index in [9.17, 15) is 8.42 Å². The normalized spacial score (nSPS) is 20.2. The van der Waals surface area contributed by atoms with Crippen LogP contribution in [-0.4, -0.2) is 34.9 Å². The minimum atomic E-state index is -3.03. The molecule has 78 valence electrons. The minimum Gasteiger partial charge on any atom is -0.385 e. The standard InChI is InChI=1S/C8H17NO3S/c1-12-6-5-8(3-4-8)7-9-13(2,10)11/h9H,3-7H2,1-2H3. The van der Waals surface area contributed by atoms with Gasteiger partial charge in [-0.05, 0) is 24.7 Å². The largest absolute Gasteiger partial charge is 0.385 e. The van der Waals surface area contributed by atoms with Gasteiger partial charge in [-0.25, -0.2) is 13.1 Å². The van der Waals surface area contributed by atoms with Crippen LogP contribution in [0.2, 0.25) is 0 Å². The van der Waals surface area contributed by atoms with Crippen molar-refractivity contribution in [3.63, 3.8) is 0 Å². The van der Waals surface area contributed by atoms with Gasteiger partial charge in [-0.15, -0.1) is 0 Å². The Morgan fingerprint density at radius 3 is 2.46 bits per heavy atom. The summed E-state index contributed by atoms with van der Waals surface area (Å²) in [5.74, 6) is 0. The number of sulfonamides is 1. The van der Waals surface area contributed by atoms with E-state index in [1.54, 1.807) is 7.11 Å². The van der Waals surface area contributed by atoms with E-state index in [1.165, 1.54) is 6.26 Å². The SMILES string of the molecule is COCCC1(CNS(C)(=O)=O)CC1. The molecule has 1 fully saturated rings. The maximum absolute atomic E-state index is 10.8. The molecule has 1 saturated carbocycles. The summed E-state index contributed by atoms with van der Waals surface area (Å²) in [6.07, 6.45) is 4.36. The molecule has 0 aromatic heterocycles. The second kappa shape index (κ2) is 3.94. The number of nitrogens with one attached hydrogen (secondary N) is 1. The monoisotopic (exact) mass is 207 g/mol. The van der Waals surface area contributed by atoms with Crippen LogP contribution >= 0.6 is 0 Å². The van der Waals surface area contributed by atoms with Crippen molar-refractivity contribution in [3.05, 3.63) is 0 Å². The summed E-state index contributed by atoms with van der Waals surface area (Å²) >= 11 is 0. The second-order valence-corrected chi connectivity index (χ2v) is 5.67. The van der Waals surface area contributed by atoms with Crippen LogP contribution in [0, 0.1) is 5.41 Å². The fraction of sp³-hybridized carbons (Fsp3) is 1.00. The summed E-state index contributed by atoms with van der Waals surface area (Å²) in [6.45, 7) is 1.28. The molecule has 0 amide bonds. The van der Waals surface area contributed by atoms with Crippen LogP contribution in [0.5, 0.6) is 0 Å². The minimum absolute atomic E-state index is 0.194. The molecule has 0 saturated heterocycles. The van der Waals surface area contributed by atoms with Gasteiger partial charge in [0.25, 0.3) is 0 Å². The first kappa shape index (κ1) is 10.9. The third-order valence-corrected chi connectivity index (χ3v) is 3.17. The molecule has 0 radical (unpaired) electrons. The summed E-state index contributed by atoms with van der Waals surface area (Å²) in [6, 6.07) is 0. The molecule has 0 bridgehead atoms. The quantitative estimate of drug-likeness (QED) is 0.684. The van der Waals surface area contributed by atoms with Crippen LogP contribution in [0.15, 0.2) is 0 Å². The van der Waals surface area contributed by atoms with Crippen LogP contribution in [0.3, 0.4) is 0 Å². The lowest BCUT2D eigenvalue weighted by molar-refractivity contribution is 0.173. The molecule has 0 spiro atoms. The smallest absolute Gasteiger partial charge is 0.208 e. The van der Waals surface area contributed by atoms with Gasteiger partial charge in [-0.2, -0.15) is 0 Å². The van der Waals surface area contributed by atoms with Gasteiger partial charge >= 0.3 is 0 Å². The number of hydrogen-bond donors (Lipinski definition) is 1. The molecule has 0 aliphatic heterocycles. The molecule has 13 heavy (non-hydrogen) atoms. The Balaban J connectivity index is 2.28. The van der Waals surface area contributed by atoms with E-state index in [0.29, 0.717) is 13.2 Å². The molecular formula is C8H17NO3S. The maximum Gasteiger partial charge on any atom is 0.208 e. The van der Waals surface area contributed by atoms with Crippen molar-refractivity contribution in [2.75, 3.05) is 26.5 Å². The number of methoxy groups -OCH3 is 1. The number of rotatable bonds is 6. The predicted molar refractivity (Wildman–Crippen MR) is 51.0 cm³/mol. The van der Waals surface area contributed by atoms with E-state index in [1.807, 2.05) is 0 Å². The highest BCUT2D eigenvalue weighted by atomic mass is 32.2. The van der Waals surface area contributed by atoms with Crippen LogP contribution in [0.25, 0.3) is 0 Å². The molecule has 1 aliphatic rings. The zero-order valence-corrected chi connectivity index (χ0v) is 8.99. The molecule has 5 heteroatoms. The van der Waals surface area contributed by atoms with Gasteiger partial charge in [0.15, 0.2) is 0 Å². The Morgan fingerprint density at radius 1 is 1.46 bits per heavy atom. The Kier molecular flexibility index (Phi) is 3.32. The van der Waals surface area contributed by atoms with Crippen LogP contribution in [-0.2, 0) is 14.8 Å². The van der Waals surface area contributed by atoms with Crippen molar-refractivity contribution in [2.24, 2.45) is 5.41 Å². The lowest BCUT2D eigenvalue weighted by Gasteiger charge is -2.13. The number of hydrogen-bond acceptors (Lipinski definition) is 3. The first-order valence-corrected chi connectivity index (χ1v) is 6.30. The van der Waals surface area contributed by atoms with E-state index in [2.05, 4.69) is 4.72 Å². The van der Waals surface area contributed by atoms with Gasteiger partial charge in [0, 0.05) is 20.3 Å². The average molecular weight is 207 g/mol. The van der Waals surface area contributed by atoms with Gasteiger partial charge in [0.1, 0.15) is 0 Å². The van der Waals surface area contributed by atoms with Crippen molar-refractivity contribution in [3.8, 4) is 0 Å². The average Bonchev–Trinajstić information content (AvgIpc) is 2.77. The third kappa shape index (κ3) is 4.06. The molecule has 1 aliphatic carbocycles. The highest BCUT2D eigenvalue weighted by Gasteiger charge is 2.42. The van der Waals surface area contributed by atoms with E-state index >= 15 is 0 Å². The Morgan fingerprint density at radius 2 is 2.08 bits per heavy atom.